The van der Waals surface area contributed by atoms with Gasteiger partial charge in [-0.1, -0.05) is 12.1 Å². The normalized spacial score (nSPS) is 28.3. The Morgan fingerprint density at radius 2 is 1.82 bits per heavy atom. The fraction of sp³-hybridized carbons (Fsp3) is 0.500. The first-order chi connectivity index (χ1) is 7.99. The number of hydrogen-bond donors (Lipinski definition) is 1. The molecule has 0 spiro atoms. The largest absolute Gasteiger partial charge is 0.486 e. The molecule has 17 heavy (non-hydrogen) atoms. The lowest BCUT2D eigenvalue weighted by Crippen LogP contribution is -2.68. The van der Waals surface area contributed by atoms with E-state index in [0.717, 1.165) is 0 Å². The smallest absolute Gasteiger partial charge is 0.251 e. The Balaban J connectivity index is 1.77. The summed E-state index contributed by atoms with van der Waals surface area (Å²) in [6.45, 7) is 0.226. The van der Waals surface area contributed by atoms with Crippen LogP contribution < -0.4 is 15.2 Å². The average molecular weight is 241 g/mol. The van der Waals surface area contributed by atoms with Crippen LogP contribution >= 0.6 is 0 Å². The van der Waals surface area contributed by atoms with Gasteiger partial charge in [-0.05, 0) is 12.1 Å². The maximum absolute atomic E-state index is 12.9. The fourth-order valence-electron chi connectivity index (χ4n) is 2.44. The topological polar surface area (TPSA) is 44.5 Å². The molecule has 1 aromatic rings. The first kappa shape index (κ1) is 10.8. The summed E-state index contributed by atoms with van der Waals surface area (Å²) in [5.74, 6) is -1.45. The summed E-state index contributed by atoms with van der Waals surface area (Å²) in [6.07, 6.45) is -1.18. The molecule has 1 aromatic carbocycles. The Morgan fingerprint density at radius 3 is 2.47 bits per heavy atom. The van der Waals surface area contributed by atoms with E-state index in [0.29, 0.717) is 11.5 Å². The predicted molar refractivity (Wildman–Crippen MR) is 57.5 cm³/mol. The number of alkyl halides is 2. The van der Waals surface area contributed by atoms with E-state index >= 15 is 0 Å². The van der Waals surface area contributed by atoms with Crippen molar-refractivity contribution in [3.8, 4) is 11.5 Å². The Kier molecular flexibility index (Phi) is 2.10. The van der Waals surface area contributed by atoms with E-state index in [1.165, 1.54) is 0 Å². The van der Waals surface area contributed by atoms with Crippen LogP contribution in [-0.2, 0) is 0 Å². The third-order valence-corrected chi connectivity index (χ3v) is 3.33. The van der Waals surface area contributed by atoms with E-state index in [2.05, 4.69) is 0 Å². The summed E-state index contributed by atoms with van der Waals surface area (Å²) in [6, 6.07) is 7.17. The number of nitrogens with two attached hydrogens (primary N) is 1. The van der Waals surface area contributed by atoms with Crippen molar-refractivity contribution in [2.24, 2.45) is 5.73 Å². The van der Waals surface area contributed by atoms with Crippen LogP contribution in [0.25, 0.3) is 0 Å². The van der Waals surface area contributed by atoms with Gasteiger partial charge in [-0.25, -0.2) is 8.78 Å². The summed E-state index contributed by atoms with van der Waals surface area (Å²) < 4.78 is 36.9. The molecule has 1 saturated carbocycles. The van der Waals surface area contributed by atoms with E-state index < -0.39 is 17.6 Å². The highest BCUT2D eigenvalue weighted by Crippen LogP contribution is 2.48. The van der Waals surface area contributed by atoms with Crippen LogP contribution in [0, 0.1) is 0 Å². The molecule has 1 heterocycles. The fourth-order valence-corrected chi connectivity index (χ4v) is 2.44. The molecule has 0 bridgehead atoms. The third-order valence-electron chi connectivity index (χ3n) is 3.33. The number of para-hydroxylation sites is 2. The number of benzene rings is 1. The SMILES string of the molecule is NC1(C2COc3ccccc3O2)CC(F)(F)C1. The molecular formula is C12H13F2NO2. The molecule has 0 amide bonds. The highest BCUT2D eigenvalue weighted by Gasteiger charge is 2.59. The van der Waals surface area contributed by atoms with E-state index in [-0.39, 0.29) is 19.4 Å². The van der Waals surface area contributed by atoms with Crippen molar-refractivity contribution in [3.05, 3.63) is 24.3 Å². The van der Waals surface area contributed by atoms with Gasteiger partial charge in [-0.15, -0.1) is 0 Å². The van der Waals surface area contributed by atoms with E-state index in [9.17, 15) is 8.78 Å². The molecule has 1 fully saturated rings. The first-order valence-corrected chi connectivity index (χ1v) is 5.54. The van der Waals surface area contributed by atoms with Gasteiger partial charge in [0.2, 0.25) is 0 Å². The molecule has 2 N–H and O–H groups in total. The lowest BCUT2D eigenvalue weighted by molar-refractivity contribution is -0.158. The minimum Gasteiger partial charge on any atom is -0.486 e. The quantitative estimate of drug-likeness (QED) is 0.817. The lowest BCUT2D eigenvalue weighted by atomic mass is 9.70. The zero-order valence-electron chi connectivity index (χ0n) is 9.16. The molecule has 0 aromatic heterocycles. The van der Waals surface area contributed by atoms with Gasteiger partial charge in [0.05, 0.1) is 5.54 Å². The summed E-state index contributed by atoms with van der Waals surface area (Å²) in [7, 11) is 0. The molecule has 3 nitrogen and oxygen atoms in total. The molecule has 1 aliphatic carbocycles. The molecule has 0 saturated heterocycles. The number of fused-ring (bicyclic) bond motifs is 1. The van der Waals surface area contributed by atoms with Gasteiger partial charge in [0.25, 0.3) is 5.92 Å². The Bertz CT molecular complexity index is 442. The minimum absolute atomic E-state index is 0.226. The second kappa shape index (κ2) is 3.32. The van der Waals surface area contributed by atoms with Crippen molar-refractivity contribution in [1.82, 2.24) is 0 Å². The monoisotopic (exact) mass is 241 g/mol. The highest BCUT2D eigenvalue weighted by molar-refractivity contribution is 5.41. The Morgan fingerprint density at radius 1 is 1.18 bits per heavy atom. The molecule has 1 aliphatic heterocycles. The van der Waals surface area contributed by atoms with Gasteiger partial charge in [0.15, 0.2) is 17.6 Å². The number of halogens is 2. The lowest BCUT2D eigenvalue weighted by Gasteiger charge is -2.49. The summed E-state index contributed by atoms with van der Waals surface area (Å²) >= 11 is 0. The molecule has 0 radical (unpaired) electrons. The van der Waals surface area contributed by atoms with Crippen molar-refractivity contribution in [3.63, 3.8) is 0 Å². The molecule has 1 unspecified atom stereocenters. The summed E-state index contributed by atoms with van der Waals surface area (Å²) in [5, 5.41) is 0. The van der Waals surface area contributed by atoms with Gasteiger partial charge in [0.1, 0.15) is 6.61 Å². The minimum atomic E-state index is -2.66. The number of rotatable bonds is 1. The molecular weight excluding hydrogens is 228 g/mol. The van der Waals surface area contributed by atoms with Gasteiger partial charge in [-0.3, -0.25) is 0 Å². The number of hydrogen-bond acceptors (Lipinski definition) is 3. The van der Waals surface area contributed by atoms with E-state index in [1.807, 2.05) is 12.1 Å². The second-order valence-corrected chi connectivity index (χ2v) is 4.81. The summed E-state index contributed by atoms with van der Waals surface area (Å²) in [4.78, 5) is 0. The van der Waals surface area contributed by atoms with Crippen molar-refractivity contribution >= 4 is 0 Å². The summed E-state index contributed by atoms with van der Waals surface area (Å²) in [5.41, 5.74) is 4.95. The van der Waals surface area contributed by atoms with Crippen LogP contribution in [0.5, 0.6) is 11.5 Å². The van der Waals surface area contributed by atoms with Crippen LogP contribution in [0.15, 0.2) is 24.3 Å². The maximum atomic E-state index is 12.9. The molecule has 3 rings (SSSR count). The van der Waals surface area contributed by atoms with E-state index in [1.54, 1.807) is 12.1 Å². The van der Waals surface area contributed by atoms with Crippen molar-refractivity contribution in [1.29, 1.82) is 0 Å². The first-order valence-electron chi connectivity index (χ1n) is 5.54. The highest BCUT2D eigenvalue weighted by atomic mass is 19.3. The van der Waals surface area contributed by atoms with Gasteiger partial charge < -0.3 is 15.2 Å². The predicted octanol–water partition coefficient (Wildman–Crippen LogP) is 1.95. The second-order valence-electron chi connectivity index (χ2n) is 4.81. The Labute approximate surface area is 97.5 Å². The van der Waals surface area contributed by atoms with Crippen LogP contribution in [0.1, 0.15) is 12.8 Å². The van der Waals surface area contributed by atoms with Crippen molar-refractivity contribution in [2.75, 3.05) is 6.61 Å². The van der Waals surface area contributed by atoms with Gasteiger partial charge in [0, 0.05) is 12.8 Å². The Hall–Kier alpha value is -1.36. The maximum Gasteiger partial charge on any atom is 0.251 e. The van der Waals surface area contributed by atoms with Gasteiger partial charge in [-0.2, -0.15) is 0 Å². The zero-order valence-corrected chi connectivity index (χ0v) is 9.16. The standard InChI is InChI=1S/C12H13F2NO2/c13-12(14)6-11(15,7-12)10-5-16-8-3-1-2-4-9(8)17-10/h1-4,10H,5-7,15H2. The van der Waals surface area contributed by atoms with Crippen LogP contribution in [0.2, 0.25) is 0 Å². The van der Waals surface area contributed by atoms with Crippen LogP contribution in [0.3, 0.4) is 0 Å². The van der Waals surface area contributed by atoms with Crippen LogP contribution in [-0.4, -0.2) is 24.2 Å². The number of ether oxygens (including phenoxy) is 2. The van der Waals surface area contributed by atoms with Crippen molar-refractivity contribution in [2.45, 2.75) is 30.4 Å². The van der Waals surface area contributed by atoms with Gasteiger partial charge >= 0.3 is 0 Å². The molecule has 92 valence electrons. The third kappa shape index (κ3) is 1.74. The molecule has 2 aliphatic rings. The van der Waals surface area contributed by atoms with E-state index in [4.69, 9.17) is 15.2 Å². The zero-order chi connectivity index (χ0) is 12.1. The van der Waals surface area contributed by atoms with Crippen molar-refractivity contribution < 1.29 is 18.3 Å². The molecule has 5 heteroatoms. The average Bonchev–Trinajstić information content (AvgIpc) is 2.25. The molecule has 1 atom stereocenters. The van der Waals surface area contributed by atoms with Crippen LogP contribution in [0.4, 0.5) is 8.78 Å².